The molecule has 0 unspecified atom stereocenters. The normalized spacial score (nSPS) is 20.9. The Hall–Kier alpha value is -7.99. The largest absolute Gasteiger partial charge is 0.486 e. The van der Waals surface area contributed by atoms with Gasteiger partial charge in [-0.15, -0.1) is 5.10 Å². The van der Waals surface area contributed by atoms with Gasteiger partial charge in [0, 0.05) is 91.6 Å². The van der Waals surface area contributed by atoms with Crippen LogP contribution in [0.25, 0.3) is 55.4 Å². The van der Waals surface area contributed by atoms with Crippen molar-refractivity contribution in [2.45, 2.75) is 128 Å². The quantitative estimate of drug-likeness (QED) is 0.0484. The van der Waals surface area contributed by atoms with Crippen LogP contribution in [0.4, 0.5) is 19.0 Å². The molecule has 5 fully saturated rings. The molecule has 0 radical (unpaired) electrons. The van der Waals surface area contributed by atoms with Crippen molar-refractivity contribution in [1.82, 2.24) is 60.5 Å². The molecular formula is C63H70F3N13O7. The molecule has 5 aliphatic rings. The van der Waals surface area contributed by atoms with Gasteiger partial charge in [-0.2, -0.15) is 20.2 Å². The van der Waals surface area contributed by atoms with E-state index in [9.17, 15) is 28.6 Å². The van der Waals surface area contributed by atoms with Crippen LogP contribution in [0.3, 0.4) is 0 Å². The predicted octanol–water partition coefficient (Wildman–Crippen LogP) is 8.22. The molecule has 2 amide bonds. The molecule has 23 heteroatoms. The fraction of sp³-hybridized carbons (Fsp3) is 0.460. The summed E-state index contributed by atoms with van der Waals surface area (Å²) < 4.78 is 68.5. The monoisotopic (exact) mass is 1180 g/mol. The Kier molecular flexibility index (Phi) is 15.5. The molecule has 8 heterocycles. The van der Waals surface area contributed by atoms with E-state index in [0.29, 0.717) is 74.6 Å². The molecule has 2 bridgehead atoms. The molecule has 4 saturated heterocycles. The average molecular weight is 1180 g/mol. The number of aromatic amines is 1. The minimum Gasteiger partial charge on any atom is -0.486 e. The number of hydrogen-bond acceptors (Lipinski definition) is 15. The van der Waals surface area contributed by atoms with Gasteiger partial charge in [0.1, 0.15) is 48.1 Å². The summed E-state index contributed by atoms with van der Waals surface area (Å²) in [5.74, 6) is -0.499. The number of aliphatic hydroxyl groups is 2. The molecule has 13 rings (SSSR count). The number of piperazine rings is 1. The van der Waals surface area contributed by atoms with Crippen molar-refractivity contribution < 1.29 is 47.2 Å². The molecule has 450 valence electrons. The van der Waals surface area contributed by atoms with Gasteiger partial charge in [0.15, 0.2) is 5.75 Å². The molecule has 0 spiro atoms. The third-order valence-electron chi connectivity index (χ3n) is 18.2. The second-order valence-electron chi connectivity index (χ2n) is 24.1. The average Bonchev–Trinajstić information content (AvgIpc) is 1.67. The third kappa shape index (κ3) is 10.7. The first-order valence-corrected chi connectivity index (χ1v) is 29.8. The van der Waals surface area contributed by atoms with Crippen LogP contribution in [0.15, 0.2) is 85.3 Å². The number of fused-ring (bicyclic) bond motifs is 4. The molecule has 4 aliphatic heterocycles. The van der Waals surface area contributed by atoms with E-state index >= 15 is 4.39 Å². The summed E-state index contributed by atoms with van der Waals surface area (Å²) >= 11 is 0. The molecule has 86 heavy (non-hydrogen) atoms. The second kappa shape index (κ2) is 23.4. The molecule has 6 atom stereocenters. The highest BCUT2D eigenvalue weighted by molar-refractivity contribution is 6.06. The van der Waals surface area contributed by atoms with Crippen LogP contribution < -0.4 is 25.0 Å². The van der Waals surface area contributed by atoms with Gasteiger partial charge in [-0.1, -0.05) is 67.6 Å². The number of aromatic nitrogens is 9. The highest BCUT2D eigenvalue weighted by Gasteiger charge is 2.46. The van der Waals surface area contributed by atoms with E-state index in [2.05, 4.69) is 47.2 Å². The number of carbonyl (C=O) groups excluding carboxylic acids is 2. The molecule has 1 aliphatic carbocycles. The van der Waals surface area contributed by atoms with Crippen molar-refractivity contribution in [2.24, 2.45) is 11.3 Å². The van der Waals surface area contributed by atoms with Crippen molar-refractivity contribution in [3.63, 3.8) is 0 Å². The van der Waals surface area contributed by atoms with Crippen molar-refractivity contribution in [3.05, 3.63) is 113 Å². The van der Waals surface area contributed by atoms with Crippen LogP contribution >= 0.6 is 0 Å². The van der Waals surface area contributed by atoms with E-state index < -0.39 is 53.7 Å². The lowest BCUT2D eigenvalue weighted by Gasteiger charge is -2.35. The summed E-state index contributed by atoms with van der Waals surface area (Å²) in [7, 11) is 0. The Morgan fingerprint density at radius 1 is 0.953 bits per heavy atom. The van der Waals surface area contributed by atoms with Gasteiger partial charge in [-0.05, 0) is 104 Å². The van der Waals surface area contributed by atoms with Crippen molar-refractivity contribution in [1.29, 1.82) is 0 Å². The van der Waals surface area contributed by atoms with E-state index in [-0.39, 0.29) is 88.8 Å². The Labute approximate surface area is 494 Å². The Balaban J connectivity index is 0.790. The summed E-state index contributed by atoms with van der Waals surface area (Å²) in [6, 6.07) is 18.2. The number of H-pyrrole nitrogens is 1. The van der Waals surface area contributed by atoms with E-state index in [4.69, 9.17) is 24.2 Å². The van der Waals surface area contributed by atoms with E-state index in [1.165, 1.54) is 15.6 Å². The Morgan fingerprint density at radius 3 is 2.43 bits per heavy atom. The lowest BCUT2D eigenvalue weighted by atomic mass is 9.81. The highest BCUT2D eigenvalue weighted by Crippen LogP contribution is 2.54. The maximum atomic E-state index is 16.2. The fourth-order valence-electron chi connectivity index (χ4n) is 13.2. The number of hydrogen-bond donors (Lipinski definition) is 5. The van der Waals surface area contributed by atoms with E-state index in [0.717, 1.165) is 53.6 Å². The minimum absolute atomic E-state index is 0.0174. The topological polar surface area (TPSA) is 236 Å². The van der Waals surface area contributed by atoms with Crippen LogP contribution in [0.1, 0.15) is 99.6 Å². The third-order valence-corrected chi connectivity index (χ3v) is 18.2. The first-order chi connectivity index (χ1) is 41.7. The zero-order valence-electron chi connectivity index (χ0n) is 48.4. The molecule has 4 aromatic carbocycles. The highest BCUT2D eigenvalue weighted by atomic mass is 19.3. The number of nitrogens with zero attached hydrogens (tertiary/aromatic N) is 10. The first-order valence-electron chi connectivity index (χ1n) is 29.8. The van der Waals surface area contributed by atoms with Crippen LogP contribution in [-0.4, -0.2) is 149 Å². The maximum absolute atomic E-state index is 16.2. The molecule has 1 saturated carbocycles. The maximum Gasteiger partial charge on any atom is 0.319 e. The summed E-state index contributed by atoms with van der Waals surface area (Å²) in [5, 5.41) is 50.0. The number of anilines is 1. The number of ether oxygens (including phenoxy) is 3. The summed E-state index contributed by atoms with van der Waals surface area (Å²) in [4.78, 5) is 42.5. The van der Waals surface area contributed by atoms with Crippen molar-refractivity contribution in [2.75, 3.05) is 51.0 Å². The standard InChI is InChI=1S/C63H70F3N13O7/c1-5-78-51(16-19-69-78)40-14-12-39(13-15-40)50(31-80)70-59(82)52-23-43(81)29-77(52)60(83)56(34(2)3)79-30-49(74-75-79)38-8-6-36(7-9-38)32-85-57-54(53-35(4)47(64)25-48-46(53)27-68-73-48)44(37-10-11-37)24-45-55(57)71-62(72-58(45)76-28-41-22-42(76)26-67-41)86-33-63(61(65)66)17-20-84-21-18-63/h6-9,12-16,19,24-25,27,30,34,37,41-43,50,52,56,61,67,80-81H,5,10-11,17-18,20-23,26,28-29,31-33H2,1-4H3,(H,68,73)(H,70,82)/t41-,42-,43+,50-,52-,56-/m0/s1. The second-order valence-corrected chi connectivity index (χ2v) is 24.1. The van der Waals surface area contributed by atoms with Crippen LogP contribution in [0.5, 0.6) is 11.8 Å². The zero-order valence-corrected chi connectivity index (χ0v) is 48.4. The molecule has 20 nitrogen and oxygen atoms in total. The predicted molar refractivity (Wildman–Crippen MR) is 314 cm³/mol. The number of halogens is 3. The van der Waals surface area contributed by atoms with Gasteiger partial charge >= 0.3 is 6.01 Å². The van der Waals surface area contributed by atoms with Gasteiger partial charge < -0.3 is 44.9 Å². The van der Waals surface area contributed by atoms with E-state index in [1.807, 2.05) is 80.1 Å². The summed E-state index contributed by atoms with van der Waals surface area (Å²) in [5.41, 5.74) is 6.61. The lowest BCUT2D eigenvalue weighted by Crippen LogP contribution is -2.50. The number of rotatable bonds is 20. The van der Waals surface area contributed by atoms with Crippen LogP contribution in [-0.2, 0) is 27.5 Å². The summed E-state index contributed by atoms with van der Waals surface area (Å²) in [6.45, 7) is 9.30. The smallest absolute Gasteiger partial charge is 0.319 e. The molecule has 8 aromatic rings. The van der Waals surface area contributed by atoms with Crippen molar-refractivity contribution >= 4 is 39.4 Å². The lowest BCUT2D eigenvalue weighted by molar-refractivity contribution is -0.142. The Morgan fingerprint density at radius 2 is 1.73 bits per heavy atom. The van der Waals surface area contributed by atoms with Gasteiger partial charge in [0.05, 0.1) is 47.8 Å². The fourth-order valence-corrected chi connectivity index (χ4v) is 13.2. The zero-order chi connectivity index (χ0) is 59.5. The number of nitrogens with one attached hydrogen (secondary N) is 3. The number of aliphatic hydroxyl groups excluding tert-OH is 2. The van der Waals surface area contributed by atoms with Gasteiger partial charge in [-0.3, -0.25) is 19.4 Å². The first kappa shape index (κ1) is 57.1. The number of aryl methyl sites for hydroxylation is 1. The van der Waals surface area contributed by atoms with Gasteiger partial charge in [0.2, 0.25) is 18.2 Å². The number of alkyl halides is 2. The SMILES string of the molecule is CCn1nccc1-c1ccc([C@H](CO)NC(=O)[C@@H]2C[C@@H](O)CN2C(=O)[C@H](C(C)C)n2cc(-c3ccc(COc4c(-c5c(C)c(F)cc6[nH]ncc56)c(C5CC5)cc5c(N6C[C@@H]7C[C@H]6CN7)nc(OCC6(C(F)F)CCOCC6)nc45)cc3)nn2)cc1. The molecule has 5 N–H and O–H groups in total. The number of benzene rings is 4. The molecular weight excluding hydrogens is 1110 g/mol. The van der Waals surface area contributed by atoms with Gasteiger partial charge in [0.25, 0.3) is 0 Å². The van der Waals surface area contributed by atoms with Crippen LogP contribution in [0, 0.1) is 24.1 Å². The minimum atomic E-state index is -2.66. The van der Waals surface area contributed by atoms with Crippen molar-refractivity contribution in [3.8, 4) is 45.4 Å². The number of β-amino-alcohol motifs (C(OH)–C–C–N with tert-alkyl or cyclic N) is 1. The van der Waals surface area contributed by atoms with Crippen LogP contribution in [0.2, 0.25) is 0 Å². The molecule has 4 aromatic heterocycles. The number of likely N-dealkylation sites (tertiary alicyclic amines) is 1. The number of carbonyl (C=O) groups is 2. The number of amides is 2. The van der Waals surface area contributed by atoms with E-state index in [1.54, 1.807) is 25.5 Å². The van der Waals surface area contributed by atoms with Gasteiger partial charge in [-0.25, -0.2) is 17.9 Å². The Bertz CT molecular complexity index is 3810. The summed E-state index contributed by atoms with van der Waals surface area (Å²) in [6.07, 6.45) is 4.50.